The highest BCUT2D eigenvalue weighted by atomic mass is 16.6. The van der Waals surface area contributed by atoms with Crippen molar-refractivity contribution < 1.29 is 19.1 Å². The summed E-state index contributed by atoms with van der Waals surface area (Å²) in [4.78, 5) is 34.8. The van der Waals surface area contributed by atoms with Crippen molar-refractivity contribution in [2.24, 2.45) is 0 Å². The Morgan fingerprint density at radius 2 is 1.95 bits per heavy atom. The van der Waals surface area contributed by atoms with E-state index in [1.807, 2.05) is 0 Å². The SMILES string of the molecule is COCCOC(=O)Cn1c(C)ccc(C(C)=O)c1=O. The minimum atomic E-state index is -0.539. The molecule has 0 radical (unpaired) electrons. The number of aryl methyl sites for hydroxylation is 1. The molecule has 0 amide bonds. The Morgan fingerprint density at radius 3 is 2.53 bits per heavy atom. The van der Waals surface area contributed by atoms with Crippen molar-refractivity contribution in [1.29, 1.82) is 0 Å². The lowest BCUT2D eigenvalue weighted by molar-refractivity contribution is -0.145. The molecule has 0 aliphatic heterocycles. The molecule has 104 valence electrons. The molecule has 0 spiro atoms. The predicted molar refractivity (Wildman–Crippen MR) is 68.3 cm³/mol. The van der Waals surface area contributed by atoms with Crippen molar-refractivity contribution in [1.82, 2.24) is 4.57 Å². The number of carbonyl (C=O) groups excluding carboxylic acids is 2. The van der Waals surface area contributed by atoms with Crippen LogP contribution in [0.4, 0.5) is 0 Å². The Balaban J connectivity index is 2.89. The van der Waals surface area contributed by atoms with Gasteiger partial charge in [0.05, 0.1) is 12.2 Å². The van der Waals surface area contributed by atoms with E-state index in [2.05, 4.69) is 0 Å². The van der Waals surface area contributed by atoms with E-state index in [1.54, 1.807) is 13.0 Å². The lowest BCUT2D eigenvalue weighted by atomic mass is 10.2. The molecule has 19 heavy (non-hydrogen) atoms. The zero-order valence-electron chi connectivity index (χ0n) is 11.3. The van der Waals surface area contributed by atoms with Crippen molar-refractivity contribution >= 4 is 11.8 Å². The molecule has 0 N–H and O–H groups in total. The molecule has 0 unspecified atom stereocenters. The van der Waals surface area contributed by atoms with Crippen LogP contribution in [0.3, 0.4) is 0 Å². The van der Waals surface area contributed by atoms with E-state index in [1.165, 1.54) is 24.7 Å². The number of ether oxygens (including phenoxy) is 2. The zero-order valence-corrected chi connectivity index (χ0v) is 11.3. The molecule has 0 aliphatic rings. The first kappa shape index (κ1) is 15.1. The fourth-order valence-electron chi connectivity index (χ4n) is 1.55. The van der Waals surface area contributed by atoms with Gasteiger partial charge in [-0.3, -0.25) is 14.4 Å². The summed E-state index contributed by atoms with van der Waals surface area (Å²) in [6.45, 7) is 3.22. The standard InChI is InChI=1S/C13H17NO5/c1-9-4-5-11(10(2)15)13(17)14(9)8-12(16)19-7-6-18-3/h4-5H,6-8H2,1-3H3. The molecule has 0 saturated heterocycles. The first-order valence-electron chi connectivity index (χ1n) is 5.83. The molecule has 1 heterocycles. The van der Waals surface area contributed by atoms with E-state index in [0.29, 0.717) is 12.3 Å². The van der Waals surface area contributed by atoms with Crippen molar-refractivity contribution in [2.75, 3.05) is 20.3 Å². The minimum absolute atomic E-state index is 0.0651. The van der Waals surface area contributed by atoms with Gasteiger partial charge in [0, 0.05) is 12.8 Å². The van der Waals surface area contributed by atoms with E-state index < -0.39 is 11.5 Å². The van der Waals surface area contributed by atoms with Crippen LogP contribution in [-0.2, 0) is 20.8 Å². The Labute approximate surface area is 110 Å². The van der Waals surface area contributed by atoms with Crippen LogP contribution in [0, 0.1) is 6.92 Å². The number of carbonyl (C=O) groups is 2. The second-order valence-electron chi connectivity index (χ2n) is 4.05. The number of Topliss-reactive ketones (excluding diaryl/α,β-unsaturated/α-hetero) is 1. The summed E-state index contributed by atoms with van der Waals surface area (Å²) in [5, 5.41) is 0. The third-order valence-corrected chi connectivity index (χ3v) is 2.61. The molecule has 6 nitrogen and oxygen atoms in total. The number of hydrogen-bond acceptors (Lipinski definition) is 5. The quantitative estimate of drug-likeness (QED) is 0.427. The summed E-state index contributed by atoms with van der Waals surface area (Å²) in [6.07, 6.45) is 0. The monoisotopic (exact) mass is 267 g/mol. The Hall–Kier alpha value is -1.95. The summed E-state index contributed by atoms with van der Waals surface area (Å²) < 4.78 is 10.9. The largest absolute Gasteiger partial charge is 0.462 e. The van der Waals surface area contributed by atoms with Gasteiger partial charge < -0.3 is 14.0 Å². The van der Waals surface area contributed by atoms with Crippen LogP contribution in [-0.4, -0.2) is 36.6 Å². The van der Waals surface area contributed by atoms with Gasteiger partial charge in [0.15, 0.2) is 5.78 Å². The number of methoxy groups -OCH3 is 1. The highest BCUT2D eigenvalue weighted by molar-refractivity contribution is 5.93. The smallest absolute Gasteiger partial charge is 0.326 e. The summed E-state index contributed by atoms with van der Waals surface area (Å²) in [6, 6.07) is 3.09. The van der Waals surface area contributed by atoms with Crippen LogP contribution in [0.1, 0.15) is 23.0 Å². The average molecular weight is 267 g/mol. The predicted octanol–water partition coefficient (Wildman–Crippen LogP) is 0.549. The number of nitrogens with zero attached hydrogens (tertiary/aromatic N) is 1. The van der Waals surface area contributed by atoms with Crippen LogP contribution in [0.25, 0.3) is 0 Å². The summed E-state index contributed by atoms with van der Waals surface area (Å²) in [7, 11) is 1.50. The van der Waals surface area contributed by atoms with Crippen LogP contribution >= 0.6 is 0 Å². The maximum absolute atomic E-state index is 12.0. The van der Waals surface area contributed by atoms with Gasteiger partial charge in [-0.15, -0.1) is 0 Å². The van der Waals surface area contributed by atoms with E-state index in [0.717, 1.165) is 0 Å². The van der Waals surface area contributed by atoms with Gasteiger partial charge in [0.2, 0.25) is 0 Å². The Kier molecular flexibility index (Phi) is 5.44. The van der Waals surface area contributed by atoms with Crippen molar-refractivity contribution in [3.05, 3.63) is 33.7 Å². The fourth-order valence-corrected chi connectivity index (χ4v) is 1.55. The van der Waals surface area contributed by atoms with Gasteiger partial charge in [-0.25, -0.2) is 0 Å². The first-order chi connectivity index (χ1) is 8.97. The molecule has 0 aromatic carbocycles. The summed E-state index contributed by atoms with van der Waals surface area (Å²) in [5.74, 6) is -0.866. The van der Waals surface area contributed by atoms with Gasteiger partial charge in [-0.2, -0.15) is 0 Å². The molecule has 0 saturated carbocycles. The zero-order chi connectivity index (χ0) is 14.4. The number of aromatic nitrogens is 1. The van der Waals surface area contributed by atoms with Crippen molar-refractivity contribution in [3.63, 3.8) is 0 Å². The molecule has 1 aromatic heterocycles. The van der Waals surface area contributed by atoms with Crippen LogP contribution < -0.4 is 5.56 Å². The number of rotatable bonds is 6. The summed E-state index contributed by atoms with van der Waals surface area (Å²) in [5.41, 5.74) is 0.185. The number of esters is 1. The lowest BCUT2D eigenvalue weighted by Crippen LogP contribution is -2.30. The third-order valence-electron chi connectivity index (χ3n) is 2.61. The highest BCUT2D eigenvalue weighted by Gasteiger charge is 2.13. The van der Waals surface area contributed by atoms with Crippen molar-refractivity contribution in [2.45, 2.75) is 20.4 Å². The number of pyridine rings is 1. The lowest BCUT2D eigenvalue weighted by Gasteiger charge is -2.10. The highest BCUT2D eigenvalue weighted by Crippen LogP contribution is 2.00. The van der Waals surface area contributed by atoms with Crippen molar-refractivity contribution in [3.8, 4) is 0 Å². The topological polar surface area (TPSA) is 74.6 Å². The average Bonchev–Trinajstić information content (AvgIpc) is 2.34. The fraction of sp³-hybridized carbons (Fsp3) is 0.462. The van der Waals surface area contributed by atoms with Gasteiger partial charge in [-0.1, -0.05) is 0 Å². The second-order valence-corrected chi connectivity index (χ2v) is 4.05. The molecule has 0 atom stereocenters. The van der Waals surface area contributed by atoms with Gasteiger partial charge >= 0.3 is 5.97 Å². The van der Waals surface area contributed by atoms with Gasteiger partial charge in [-0.05, 0) is 26.0 Å². The molecular formula is C13H17NO5. The molecular weight excluding hydrogens is 250 g/mol. The van der Waals surface area contributed by atoms with Gasteiger partial charge in [0.25, 0.3) is 5.56 Å². The third kappa shape index (κ3) is 4.03. The minimum Gasteiger partial charge on any atom is -0.462 e. The maximum atomic E-state index is 12.0. The maximum Gasteiger partial charge on any atom is 0.326 e. The molecule has 6 heteroatoms. The molecule has 0 fully saturated rings. The first-order valence-corrected chi connectivity index (χ1v) is 5.83. The normalized spacial score (nSPS) is 10.3. The molecule has 0 bridgehead atoms. The second kappa shape index (κ2) is 6.84. The van der Waals surface area contributed by atoms with E-state index in [-0.39, 0.29) is 24.5 Å². The molecule has 1 rings (SSSR count). The van der Waals surface area contributed by atoms with Crippen LogP contribution in [0.15, 0.2) is 16.9 Å². The molecule has 1 aromatic rings. The number of hydrogen-bond donors (Lipinski definition) is 0. The van der Waals surface area contributed by atoms with E-state index in [4.69, 9.17) is 9.47 Å². The van der Waals surface area contributed by atoms with E-state index >= 15 is 0 Å². The van der Waals surface area contributed by atoms with Gasteiger partial charge in [0.1, 0.15) is 13.2 Å². The Morgan fingerprint density at radius 1 is 1.26 bits per heavy atom. The van der Waals surface area contributed by atoms with Crippen LogP contribution in [0.5, 0.6) is 0 Å². The molecule has 0 aliphatic carbocycles. The Bertz CT molecular complexity index is 532. The van der Waals surface area contributed by atoms with E-state index in [9.17, 15) is 14.4 Å². The van der Waals surface area contributed by atoms with Crippen LogP contribution in [0.2, 0.25) is 0 Å². The summed E-state index contributed by atoms with van der Waals surface area (Å²) >= 11 is 0. The number of ketones is 1.